The molecular weight excluding hydrogens is 503 g/mol. The van der Waals surface area contributed by atoms with Crippen molar-refractivity contribution < 1.29 is 4.79 Å². The second-order valence-electron chi connectivity index (χ2n) is 8.62. The van der Waals surface area contributed by atoms with E-state index >= 15 is 0 Å². The normalized spacial score (nSPS) is 17.1. The van der Waals surface area contributed by atoms with Crippen LogP contribution in [0.4, 0.5) is 5.82 Å². The zero-order valence-electron chi connectivity index (χ0n) is 19.3. The molecule has 0 saturated carbocycles. The number of nitrogens with zero attached hydrogens (tertiary/aromatic N) is 2. The van der Waals surface area contributed by atoms with Gasteiger partial charge in [0.2, 0.25) is 0 Å². The molecule has 3 heterocycles. The Balaban J connectivity index is 1.37. The van der Waals surface area contributed by atoms with Crippen LogP contribution in [-0.4, -0.2) is 21.5 Å². The van der Waals surface area contributed by atoms with Crippen LogP contribution >= 0.6 is 34.9 Å². The van der Waals surface area contributed by atoms with Gasteiger partial charge in [0.15, 0.2) is 10.9 Å². The van der Waals surface area contributed by atoms with Gasteiger partial charge in [-0.3, -0.25) is 4.79 Å². The molecule has 1 aliphatic rings. The summed E-state index contributed by atoms with van der Waals surface area (Å²) in [6.45, 7) is 0. The molecule has 2 N–H and O–H groups in total. The molecule has 178 valence electrons. The molecule has 0 bridgehead atoms. The summed E-state index contributed by atoms with van der Waals surface area (Å²) in [6, 6.07) is 30.7. The lowest BCUT2D eigenvalue weighted by Crippen LogP contribution is -2.12. The predicted molar refractivity (Wildman–Crippen MR) is 152 cm³/mol. The number of benzene rings is 3. The fraction of sp³-hybridized carbons (Fsp3) is 0.138. The van der Waals surface area contributed by atoms with E-state index in [9.17, 15) is 4.79 Å². The van der Waals surface area contributed by atoms with E-state index in [2.05, 4.69) is 65.6 Å². The SMILES string of the molecule is Nc1nc(SCC(=O)c2ccccc2)nc2sc3c(c12)C[C@H](c1ccccc1)S[C@H]3c1ccccc1. The van der Waals surface area contributed by atoms with Gasteiger partial charge in [0.25, 0.3) is 0 Å². The van der Waals surface area contributed by atoms with E-state index in [0.29, 0.717) is 21.8 Å². The fourth-order valence-corrected chi connectivity index (χ4v) is 8.40. The smallest absolute Gasteiger partial charge is 0.191 e. The van der Waals surface area contributed by atoms with Crippen LogP contribution in [0.25, 0.3) is 10.2 Å². The molecular formula is C29H23N3OS3. The van der Waals surface area contributed by atoms with Gasteiger partial charge < -0.3 is 5.73 Å². The number of carbonyl (C=O) groups is 1. The van der Waals surface area contributed by atoms with Gasteiger partial charge in [-0.1, -0.05) is 103 Å². The van der Waals surface area contributed by atoms with Crippen molar-refractivity contribution in [3.05, 3.63) is 118 Å². The Bertz CT molecular complexity index is 1520. The molecule has 0 saturated heterocycles. The average Bonchev–Trinajstić information content (AvgIpc) is 3.31. The van der Waals surface area contributed by atoms with Gasteiger partial charge >= 0.3 is 0 Å². The number of anilines is 1. The standard InChI is InChI=1S/C29H23N3OS3/c30-27-24-21-16-23(19-12-6-2-7-13-19)35-25(20-14-8-3-9-15-20)26(21)36-28(24)32-29(31-27)34-17-22(33)18-10-4-1-5-11-18/h1-15,23,25H,16-17H2,(H2,30,31,32)/t23-,25+/m1/s1. The number of hydrogen-bond donors (Lipinski definition) is 1. The molecule has 0 aliphatic carbocycles. The van der Waals surface area contributed by atoms with Crippen molar-refractivity contribution in [3.8, 4) is 0 Å². The van der Waals surface area contributed by atoms with Gasteiger partial charge in [-0.15, -0.1) is 23.1 Å². The summed E-state index contributed by atoms with van der Waals surface area (Å²) in [5, 5.41) is 2.04. The van der Waals surface area contributed by atoms with Crippen molar-refractivity contribution in [2.24, 2.45) is 0 Å². The maximum absolute atomic E-state index is 12.6. The van der Waals surface area contributed by atoms with Crippen molar-refractivity contribution >= 4 is 56.7 Å². The number of aromatic nitrogens is 2. The Hall–Kier alpha value is -3.13. The third-order valence-corrected chi connectivity index (χ3v) is 10.1. The zero-order chi connectivity index (χ0) is 24.5. The number of fused-ring (bicyclic) bond motifs is 3. The molecule has 0 amide bonds. The Morgan fingerprint density at radius 3 is 2.22 bits per heavy atom. The maximum atomic E-state index is 12.6. The van der Waals surface area contributed by atoms with Gasteiger partial charge in [-0.2, -0.15) is 0 Å². The van der Waals surface area contributed by atoms with Gasteiger partial charge in [0.1, 0.15) is 10.6 Å². The highest BCUT2D eigenvalue weighted by molar-refractivity contribution is 8.00. The quantitative estimate of drug-likeness (QED) is 0.142. The minimum absolute atomic E-state index is 0.0552. The second-order valence-corrected chi connectivity index (χ2v) is 11.9. The first-order chi connectivity index (χ1) is 17.7. The molecule has 0 fully saturated rings. The van der Waals surface area contributed by atoms with E-state index in [-0.39, 0.29) is 16.8 Å². The Kier molecular flexibility index (Phi) is 6.52. The summed E-state index contributed by atoms with van der Waals surface area (Å²) in [7, 11) is 0. The Morgan fingerprint density at radius 2 is 1.53 bits per heavy atom. The molecule has 0 spiro atoms. The first-order valence-corrected chi connectivity index (χ1v) is 14.5. The van der Waals surface area contributed by atoms with E-state index < -0.39 is 0 Å². The largest absolute Gasteiger partial charge is 0.383 e. The number of rotatable bonds is 6. The molecule has 5 aromatic rings. The highest BCUT2D eigenvalue weighted by atomic mass is 32.2. The van der Waals surface area contributed by atoms with Crippen molar-refractivity contribution in [3.63, 3.8) is 0 Å². The minimum atomic E-state index is 0.0552. The van der Waals surface area contributed by atoms with E-state index in [1.165, 1.54) is 33.3 Å². The first kappa shape index (κ1) is 23.3. The zero-order valence-corrected chi connectivity index (χ0v) is 21.8. The molecule has 7 heteroatoms. The van der Waals surface area contributed by atoms with E-state index in [1.807, 2.05) is 42.1 Å². The summed E-state index contributed by atoms with van der Waals surface area (Å²) < 4.78 is 0. The summed E-state index contributed by atoms with van der Waals surface area (Å²) >= 11 is 5.04. The van der Waals surface area contributed by atoms with Crippen LogP contribution in [0.5, 0.6) is 0 Å². The maximum Gasteiger partial charge on any atom is 0.191 e. The van der Waals surface area contributed by atoms with Gasteiger partial charge in [0.05, 0.1) is 16.4 Å². The van der Waals surface area contributed by atoms with Crippen LogP contribution in [0.3, 0.4) is 0 Å². The highest BCUT2D eigenvalue weighted by Gasteiger charge is 2.34. The average molecular weight is 526 g/mol. The lowest BCUT2D eigenvalue weighted by atomic mass is 9.98. The summed E-state index contributed by atoms with van der Waals surface area (Å²) in [5.41, 5.74) is 11.1. The van der Waals surface area contributed by atoms with Crippen molar-refractivity contribution in [1.82, 2.24) is 9.97 Å². The lowest BCUT2D eigenvalue weighted by molar-refractivity contribution is 0.102. The van der Waals surface area contributed by atoms with E-state index in [1.54, 1.807) is 11.3 Å². The number of hydrogen-bond acceptors (Lipinski definition) is 7. The van der Waals surface area contributed by atoms with Gasteiger partial charge in [0, 0.05) is 15.7 Å². The number of Topliss-reactive ketones (excluding diaryl/α,β-unsaturated/α-hetero) is 1. The summed E-state index contributed by atoms with van der Waals surface area (Å²) in [6.07, 6.45) is 0.889. The summed E-state index contributed by atoms with van der Waals surface area (Å²) in [4.78, 5) is 24.3. The van der Waals surface area contributed by atoms with Crippen LogP contribution in [0.2, 0.25) is 0 Å². The number of carbonyl (C=O) groups excluding carboxylic acids is 1. The van der Waals surface area contributed by atoms with Crippen molar-refractivity contribution in [2.45, 2.75) is 22.1 Å². The van der Waals surface area contributed by atoms with Crippen LogP contribution in [0, 0.1) is 0 Å². The number of nitrogens with two attached hydrogens (primary N) is 1. The monoisotopic (exact) mass is 525 g/mol. The molecule has 36 heavy (non-hydrogen) atoms. The molecule has 0 radical (unpaired) electrons. The molecule has 0 unspecified atom stereocenters. The van der Waals surface area contributed by atoms with Crippen LogP contribution in [-0.2, 0) is 6.42 Å². The molecule has 4 nitrogen and oxygen atoms in total. The van der Waals surface area contributed by atoms with Crippen molar-refractivity contribution in [1.29, 1.82) is 0 Å². The van der Waals surface area contributed by atoms with Gasteiger partial charge in [-0.25, -0.2) is 9.97 Å². The predicted octanol–water partition coefficient (Wildman–Crippen LogP) is 7.37. The van der Waals surface area contributed by atoms with Gasteiger partial charge in [-0.05, 0) is 23.1 Å². The van der Waals surface area contributed by atoms with Crippen LogP contribution < -0.4 is 5.73 Å². The third-order valence-electron chi connectivity index (χ3n) is 6.32. The Labute approximate surface area is 222 Å². The fourth-order valence-electron chi connectivity index (χ4n) is 4.58. The topological polar surface area (TPSA) is 68.9 Å². The first-order valence-electron chi connectivity index (χ1n) is 11.7. The van der Waals surface area contributed by atoms with E-state index in [0.717, 1.165) is 16.6 Å². The Morgan fingerprint density at radius 1 is 0.889 bits per heavy atom. The van der Waals surface area contributed by atoms with Crippen LogP contribution in [0.1, 0.15) is 42.4 Å². The number of thioether (sulfide) groups is 2. The highest BCUT2D eigenvalue weighted by Crippen LogP contribution is 2.55. The van der Waals surface area contributed by atoms with Crippen molar-refractivity contribution in [2.75, 3.05) is 11.5 Å². The molecule has 3 aromatic carbocycles. The second kappa shape index (κ2) is 10.1. The third kappa shape index (κ3) is 4.54. The van der Waals surface area contributed by atoms with E-state index in [4.69, 9.17) is 10.7 Å². The molecule has 2 atom stereocenters. The number of thiophene rings is 1. The number of nitrogen functional groups attached to an aromatic ring is 1. The number of ketones is 1. The molecule has 6 rings (SSSR count). The summed E-state index contributed by atoms with van der Waals surface area (Å²) in [5.74, 6) is 0.829. The lowest BCUT2D eigenvalue weighted by Gasteiger charge is -2.30. The molecule has 1 aliphatic heterocycles. The van der Waals surface area contributed by atoms with Crippen LogP contribution in [0.15, 0.2) is 96.2 Å². The molecule has 2 aromatic heterocycles. The minimum Gasteiger partial charge on any atom is -0.383 e.